The van der Waals surface area contributed by atoms with Gasteiger partial charge in [0.2, 0.25) is 82.7 Å². The number of unbranched alkanes of at least 4 members (excludes halogenated alkanes) is 4. The van der Waals surface area contributed by atoms with Crippen LogP contribution in [0.15, 0.2) is 91.4 Å². The molecule has 4 aromatic rings. The molecule has 4 rings (SSSR count). The number of nitrogens with one attached hydrogen (secondary N) is 18. The summed E-state index contributed by atoms with van der Waals surface area (Å²) in [5, 5.41) is 83.6. The van der Waals surface area contributed by atoms with Crippen LogP contribution in [0.4, 0.5) is 0 Å². The Hall–Kier alpha value is -12.9. The minimum Gasteiger partial charge on any atom is -0.508 e. The van der Waals surface area contributed by atoms with Crippen LogP contribution in [0.2, 0.25) is 0 Å². The highest BCUT2D eigenvalue weighted by molar-refractivity contribution is 8.00. The van der Waals surface area contributed by atoms with E-state index in [-0.39, 0.29) is 101 Å². The third kappa shape index (κ3) is 40.6. The third-order valence-electron chi connectivity index (χ3n) is 19.7. The number of aromatic amines is 1. The van der Waals surface area contributed by atoms with Gasteiger partial charge in [-0.25, -0.2) is 4.98 Å². The number of hydrogen-bond donors (Lipinski definition) is 24. The molecule has 126 heavy (non-hydrogen) atoms. The number of carboxylic acids is 2. The number of guanidine groups is 2. The molecule has 692 valence electrons. The number of carbonyl (C=O) groups is 16. The quantitative estimate of drug-likeness (QED) is 0.0148. The van der Waals surface area contributed by atoms with Gasteiger partial charge >= 0.3 is 11.9 Å². The second-order valence-corrected chi connectivity index (χ2v) is 32.3. The predicted octanol–water partition coefficient (Wildman–Crippen LogP) is -0.659. The number of aromatic hydroxyl groups is 1. The van der Waals surface area contributed by atoms with Crippen molar-refractivity contribution >= 4 is 118 Å². The molecule has 42 heteroatoms. The number of aliphatic carboxylic acids is 2. The lowest BCUT2D eigenvalue weighted by Gasteiger charge is -2.29. The van der Waals surface area contributed by atoms with Crippen LogP contribution in [-0.4, -0.2) is 235 Å². The number of aromatic nitrogens is 2. The van der Waals surface area contributed by atoms with Gasteiger partial charge in [0.1, 0.15) is 78.3 Å². The van der Waals surface area contributed by atoms with Crippen molar-refractivity contribution in [2.24, 2.45) is 29.0 Å². The smallest absolute Gasteiger partial charge is 0.305 e. The van der Waals surface area contributed by atoms with E-state index < -0.39 is 203 Å². The third-order valence-corrected chi connectivity index (χ3v) is 20.7. The van der Waals surface area contributed by atoms with Gasteiger partial charge in [-0.1, -0.05) is 147 Å². The molecule has 0 unspecified atom stereocenters. The van der Waals surface area contributed by atoms with Crippen LogP contribution in [0.3, 0.4) is 0 Å². The van der Waals surface area contributed by atoms with Crippen molar-refractivity contribution in [2.45, 2.75) is 243 Å². The monoisotopic (exact) mass is 1780 g/mol. The highest BCUT2D eigenvalue weighted by atomic mass is 32.2. The van der Waals surface area contributed by atoms with Crippen LogP contribution in [0, 0.1) is 22.7 Å². The number of carboxylic acid groups (broad SMARTS) is 2. The lowest BCUT2D eigenvalue weighted by atomic mass is 9.97. The Kier molecular flexibility index (Phi) is 46.9. The number of nitrogens with zero attached hydrogens (tertiary/aromatic N) is 1. The molecule has 0 spiro atoms. The largest absolute Gasteiger partial charge is 0.508 e. The fraction of sp³-hybridized carbons (Fsp3) is 0.536. The van der Waals surface area contributed by atoms with E-state index in [2.05, 4.69) is 89.7 Å². The number of phenolic OH excluding ortho intramolecular Hbond substituents is 1. The maximum atomic E-state index is 15.0. The Morgan fingerprint density at radius 1 is 0.444 bits per heavy atom. The van der Waals surface area contributed by atoms with Gasteiger partial charge in [-0.05, 0) is 98.1 Å². The molecule has 0 saturated heterocycles. The summed E-state index contributed by atoms with van der Waals surface area (Å²) in [6.07, 6.45) is 4.66. The van der Waals surface area contributed by atoms with E-state index in [4.69, 9.17) is 28.0 Å². The van der Waals surface area contributed by atoms with Gasteiger partial charge in [-0.3, -0.25) is 87.5 Å². The summed E-state index contributed by atoms with van der Waals surface area (Å²) in [4.78, 5) is 227. The molecule has 0 radical (unpaired) electrons. The van der Waals surface area contributed by atoms with Gasteiger partial charge in [0.25, 0.3) is 0 Å². The zero-order chi connectivity index (χ0) is 93.5. The molecule has 0 aliphatic rings. The second kappa shape index (κ2) is 56.0. The molecule has 12 atom stereocenters. The second-order valence-electron chi connectivity index (χ2n) is 31.3. The van der Waals surface area contributed by atoms with Crippen molar-refractivity contribution < 1.29 is 92.0 Å². The number of nitrogens with two attached hydrogens (primary N) is 3. The number of thioether (sulfide) groups is 1. The number of rotatable bonds is 59. The first kappa shape index (κ1) is 105. The van der Waals surface area contributed by atoms with Crippen molar-refractivity contribution in [1.82, 2.24) is 89.7 Å². The first-order valence-corrected chi connectivity index (χ1v) is 43.2. The lowest BCUT2D eigenvalue weighted by molar-refractivity contribution is -0.141. The van der Waals surface area contributed by atoms with E-state index in [0.717, 1.165) is 36.2 Å². The summed E-state index contributed by atoms with van der Waals surface area (Å²) >= 11 is 0.750. The molecule has 1 aromatic heterocycles. The number of phenols is 1. The first-order valence-electron chi connectivity index (χ1n) is 42.0. The van der Waals surface area contributed by atoms with E-state index >= 15 is 4.79 Å². The van der Waals surface area contributed by atoms with Gasteiger partial charge in [0, 0.05) is 57.8 Å². The van der Waals surface area contributed by atoms with Crippen LogP contribution in [0.25, 0.3) is 11.1 Å². The maximum Gasteiger partial charge on any atom is 0.305 e. The van der Waals surface area contributed by atoms with E-state index in [1.807, 2.05) is 44.2 Å². The van der Waals surface area contributed by atoms with Crippen molar-refractivity contribution in [3.8, 4) is 16.9 Å². The molecular formula is C84H126N22O19S. The number of benzene rings is 3. The van der Waals surface area contributed by atoms with Crippen LogP contribution in [0.5, 0.6) is 5.75 Å². The number of primary amides is 1. The summed E-state index contributed by atoms with van der Waals surface area (Å²) in [7, 11) is 0. The fourth-order valence-corrected chi connectivity index (χ4v) is 13.8. The summed E-state index contributed by atoms with van der Waals surface area (Å²) in [6, 6.07) is 4.70. The van der Waals surface area contributed by atoms with Crippen LogP contribution in [-0.2, 0) is 96.0 Å². The van der Waals surface area contributed by atoms with Gasteiger partial charge in [0.15, 0.2) is 11.9 Å². The van der Waals surface area contributed by atoms with Gasteiger partial charge in [0.05, 0.1) is 30.6 Å². The predicted molar refractivity (Wildman–Crippen MR) is 469 cm³/mol. The normalized spacial score (nSPS) is 13.9. The molecule has 0 fully saturated rings. The average Bonchev–Trinajstić information content (AvgIpc) is 0.883. The summed E-state index contributed by atoms with van der Waals surface area (Å²) in [6.45, 7) is 13.1. The summed E-state index contributed by atoms with van der Waals surface area (Å²) < 4.78 is 0. The Morgan fingerprint density at radius 2 is 0.857 bits per heavy atom. The van der Waals surface area contributed by atoms with Crippen molar-refractivity contribution in [1.29, 1.82) is 10.8 Å². The zero-order valence-corrected chi connectivity index (χ0v) is 73.3. The number of hydrogen-bond acceptors (Lipinski definition) is 21. The number of H-pyrrole nitrogens is 1. The van der Waals surface area contributed by atoms with E-state index in [9.17, 15) is 87.2 Å². The van der Waals surface area contributed by atoms with Crippen molar-refractivity contribution in [3.05, 3.63) is 108 Å². The number of imidazole rings is 1. The van der Waals surface area contributed by atoms with E-state index in [0.29, 0.717) is 48.9 Å². The maximum absolute atomic E-state index is 15.0. The molecule has 0 bridgehead atoms. The molecular weight excluding hydrogens is 1650 g/mol. The molecule has 41 nitrogen and oxygen atoms in total. The highest BCUT2D eigenvalue weighted by Gasteiger charge is 2.38. The standard InChI is InChI=1S/C84H126N22O19S/c1-9-11-14-22-57(75(118)101-62(39-52-28-32-56(108)33-29-52)73(116)91-37-34-55-43-90-46-94-55)98-74(117)59(24-18-35-92-83(86)87)97-72(115)49(7)95-67(109)45-126-44-66(71(85)114)105-81(124)65(42-69(112)113)103-76(119)58(23-15-12-10-2)99-79(122)63(40-51-26-30-54(31-27-51)53-20-16-13-17-21-53)102-78(121)61(38-47(3)4)104-82(125)70(48(5)6)106-77(120)60(25-19-36-93-84(88)89)100-80(123)64(41-68(110)111)96-50(8)107/h13,16-17,20-21,26-33,43,46-49,57-66,70,108H,9-12,14-15,18-19,22-25,34-42,44-45H2,1-8H3,(H2,85,114)(H,90,94)(H,91,116)(H,95,109)(H,96,107)(H,97,115)(H,98,117)(H,99,122)(H,100,123)(H,101,118)(H,102,121)(H,103,119)(H,104,125)(H,105,124)(H,106,120)(H,110,111)(H,112,113)(H4,86,87,92)(H4,88,89,93)/t49-,57-,58-,59-,60-,61-,62-,63-,64-,65-,66-,70-/m0/s1. The molecule has 1 heterocycles. The van der Waals surface area contributed by atoms with Gasteiger partial charge < -0.3 is 117 Å². The first-order chi connectivity index (χ1) is 59.8. The number of amides is 14. The molecule has 0 aliphatic carbocycles. The summed E-state index contributed by atoms with van der Waals surface area (Å²) in [5.41, 5.74) is 20.1. The molecule has 27 N–H and O–H groups in total. The average molecular weight is 1780 g/mol. The molecule has 0 aliphatic heterocycles. The summed E-state index contributed by atoms with van der Waals surface area (Å²) in [5.74, 6) is -18.3. The van der Waals surface area contributed by atoms with Gasteiger partial charge in [-0.2, -0.15) is 0 Å². The topological polar surface area (TPSA) is 669 Å². The van der Waals surface area contributed by atoms with Gasteiger partial charge in [-0.15, -0.1) is 11.8 Å². The van der Waals surface area contributed by atoms with Crippen LogP contribution in [0.1, 0.15) is 169 Å². The lowest BCUT2D eigenvalue weighted by Crippen LogP contribution is -2.61. The molecule has 0 saturated carbocycles. The fourth-order valence-electron chi connectivity index (χ4n) is 13.0. The number of carbonyl (C=O) groups excluding carboxylic acids is 14. The minimum atomic E-state index is -1.95. The Bertz CT molecular complexity index is 4260. The van der Waals surface area contributed by atoms with Crippen molar-refractivity contribution in [2.75, 3.05) is 31.1 Å². The molecule has 14 amide bonds. The Labute approximate surface area is 736 Å². The Morgan fingerprint density at radius 3 is 1.31 bits per heavy atom. The Balaban J connectivity index is 1.55. The molecule has 3 aromatic carbocycles. The van der Waals surface area contributed by atoms with Crippen molar-refractivity contribution in [3.63, 3.8) is 0 Å². The van der Waals surface area contributed by atoms with Crippen LogP contribution >= 0.6 is 11.8 Å². The van der Waals surface area contributed by atoms with E-state index in [1.54, 1.807) is 70.3 Å². The van der Waals surface area contributed by atoms with Crippen LogP contribution < -0.4 is 97.0 Å². The minimum absolute atomic E-state index is 0.00231. The highest BCUT2D eigenvalue weighted by Crippen LogP contribution is 2.22. The SMILES string of the molecule is CCCCC[C@H](NC(=O)[C@H](CCCNC(=N)N)NC(=O)[C@H](C)NC(=O)CSC[C@H](NC(=O)[C@H](CC(=O)O)NC(=O)[C@H](CCCCC)NC(=O)[C@H](Cc1ccc(-c2ccccc2)cc1)NC(=O)[C@H](CC(C)C)NC(=O)[C@@H](NC(=O)[C@H](CCCNC(=N)N)NC(=O)[C@H](CC(=O)O)NC(C)=O)C(C)C)C(N)=O)C(=O)N[C@@H](Cc1ccc(O)cc1)C(=O)NCCc1c[nH]cn1. The zero-order valence-electron chi connectivity index (χ0n) is 72.5. The van der Waals surface area contributed by atoms with E-state index in [1.165, 1.54) is 25.4 Å².